The van der Waals surface area contributed by atoms with E-state index in [1.165, 1.54) is 37.3 Å². The fourth-order valence-electron chi connectivity index (χ4n) is 4.16. The second kappa shape index (κ2) is 14.0. The van der Waals surface area contributed by atoms with Gasteiger partial charge in [-0.15, -0.1) is 0 Å². The summed E-state index contributed by atoms with van der Waals surface area (Å²) in [6.45, 7) is 7.45. The second-order valence-electron chi connectivity index (χ2n) is 10.2. The SMILES string of the molecule is COc1ccc(OC)c(N(CC(=O)N(Cc2ccccc2)[C@H](C)C(=O)NCC(C)C)S(=O)(=O)c2ccc(C)cc2)c1. The molecule has 0 spiro atoms. The standard InChI is InChI=1S/C31H39N3O6S/c1-22(2)19-32-31(36)24(4)33(20-25-10-8-7-9-11-25)30(35)21-34(28-18-26(39-5)14-17-29(28)40-6)41(37,38)27-15-12-23(3)13-16-27/h7-18,22,24H,19-21H2,1-6H3,(H,32,36)/t24-/m1/s1. The summed E-state index contributed by atoms with van der Waals surface area (Å²) in [5.74, 6) is -0.0249. The predicted octanol–water partition coefficient (Wildman–Crippen LogP) is 4.40. The first-order valence-corrected chi connectivity index (χ1v) is 14.8. The first-order valence-electron chi connectivity index (χ1n) is 13.4. The first-order chi connectivity index (χ1) is 19.5. The molecule has 0 bridgehead atoms. The molecule has 3 rings (SSSR count). The molecule has 0 saturated heterocycles. The molecule has 9 nitrogen and oxygen atoms in total. The number of amides is 2. The Morgan fingerprint density at radius 1 is 0.902 bits per heavy atom. The quantitative estimate of drug-likeness (QED) is 0.321. The number of sulfonamides is 1. The van der Waals surface area contributed by atoms with Crippen LogP contribution in [0.25, 0.3) is 0 Å². The topological polar surface area (TPSA) is 105 Å². The number of carbonyl (C=O) groups excluding carboxylic acids is 2. The minimum absolute atomic E-state index is 0.0121. The number of hydrogen-bond acceptors (Lipinski definition) is 6. The fourth-order valence-corrected chi connectivity index (χ4v) is 5.57. The van der Waals surface area contributed by atoms with Gasteiger partial charge in [0.25, 0.3) is 10.0 Å². The second-order valence-corrected chi connectivity index (χ2v) is 12.0. The molecule has 1 N–H and O–H groups in total. The van der Waals surface area contributed by atoms with Gasteiger partial charge in [0.15, 0.2) is 0 Å². The highest BCUT2D eigenvalue weighted by Gasteiger charge is 2.34. The largest absolute Gasteiger partial charge is 0.497 e. The van der Waals surface area contributed by atoms with Crippen LogP contribution in [0.1, 0.15) is 31.9 Å². The van der Waals surface area contributed by atoms with Crippen molar-refractivity contribution in [1.82, 2.24) is 10.2 Å². The van der Waals surface area contributed by atoms with Crippen molar-refractivity contribution in [3.05, 3.63) is 83.9 Å². The van der Waals surface area contributed by atoms with Gasteiger partial charge >= 0.3 is 0 Å². The Balaban J connectivity index is 2.09. The molecule has 0 unspecified atom stereocenters. The molecule has 0 aliphatic heterocycles. The molecule has 2 amide bonds. The highest BCUT2D eigenvalue weighted by atomic mass is 32.2. The van der Waals surface area contributed by atoms with Gasteiger partial charge < -0.3 is 19.7 Å². The first kappa shape index (κ1) is 31.5. The number of aryl methyl sites for hydroxylation is 1. The van der Waals surface area contributed by atoms with Gasteiger partial charge in [0.1, 0.15) is 24.1 Å². The van der Waals surface area contributed by atoms with Crippen molar-refractivity contribution in [1.29, 1.82) is 0 Å². The minimum atomic E-state index is -4.25. The third-order valence-corrected chi connectivity index (χ3v) is 8.36. The Labute approximate surface area is 243 Å². The van der Waals surface area contributed by atoms with Crippen molar-refractivity contribution in [2.24, 2.45) is 5.92 Å². The number of carbonyl (C=O) groups is 2. The van der Waals surface area contributed by atoms with E-state index in [2.05, 4.69) is 5.32 Å². The summed E-state index contributed by atoms with van der Waals surface area (Å²) in [6.07, 6.45) is 0. The molecular weight excluding hydrogens is 542 g/mol. The van der Waals surface area contributed by atoms with Gasteiger partial charge in [-0.05, 0) is 49.6 Å². The Hall–Kier alpha value is -4.05. The number of hydrogen-bond donors (Lipinski definition) is 1. The summed E-state index contributed by atoms with van der Waals surface area (Å²) >= 11 is 0. The van der Waals surface area contributed by atoms with Crippen LogP contribution in [0.5, 0.6) is 11.5 Å². The van der Waals surface area contributed by atoms with Gasteiger partial charge in [-0.2, -0.15) is 0 Å². The summed E-state index contributed by atoms with van der Waals surface area (Å²) in [4.78, 5) is 28.6. The van der Waals surface area contributed by atoms with Gasteiger partial charge in [-0.25, -0.2) is 8.42 Å². The lowest BCUT2D eigenvalue weighted by Gasteiger charge is -2.32. The van der Waals surface area contributed by atoms with Crippen molar-refractivity contribution < 1.29 is 27.5 Å². The van der Waals surface area contributed by atoms with E-state index in [-0.39, 0.29) is 34.7 Å². The average Bonchev–Trinajstić information content (AvgIpc) is 2.97. The number of benzene rings is 3. The van der Waals surface area contributed by atoms with Gasteiger partial charge in [0.05, 0.1) is 24.8 Å². The number of nitrogens with zero attached hydrogens (tertiary/aromatic N) is 2. The van der Waals surface area contributed by atoms with Crippen LogP contribution in [-0.2, 0) is 26.2 Å². The minimum Gasteiger partial charge on any atom is -0.497 e. The monoisotopic (exact) mass is 581 g/mol. The Kier molecular flexibility index (Phi) is 10.8. The predicted molar refractivity (Wildman–Crippen MR) is 160 cm³/mol. The van der Waals surface area contributed by atoms with E-state index in [1.54, 1.807) is 31.2 Å². The van der Waals surface area contributed by atoms with Gasteiger partial charge in [0, 0.05) is 19.2 Å². The van der Waals surface area contributed by atoms with Crippen LogP contribution < -0.4 is 19.1 Å². The zero-order valence-electron chi connectivity index (χ0n) is 24.5. The van der Waals surface area contributed by atoms with Crippen molar-refractivity contribution in [3.63, 3.8) is 0 Å². The summed E-state index contributed by atoms with van der Waals surface area (Å²) in [7, 11) is -1.36. The van der Waals surface area contributed by atoms with Crippen molar-refractivity contribution >= 4 is 27.5 Å². The molecule has 0 aliphatic carbocycles. The molecule has 220 valence electrons. The number of rotatable bonds is 13. The Bertz CT molecular complexity index is 1430. The Morgan fingerprint density at radius 3 is 2.15 bits per heavy atom. The van der Waals surface area contributed by atoms with Crippen LogP contribution in [0.15, 0.2) is 77.7 Å². The summed E-state index contributed by atoms with van der Waals surface area (Å²) in [6, 6.07) is 19.5. The van der Waals surface area contributed by atoms with Gasteiger partial charge in [-0.3, -0.25) is 13.9 Å². The molecule has 0 fully saturated rings. The fraction of sp³-hybridized carbons (Fsp3) is 0.355. The summed E-state index contributed by atoms with van der Waals surface area (Å²) < 4.78 is 40.1. The summed E-state index contributed by atoms with van der Waals surface area (Å²) in [5.41, 5.74) is 1.83. The van der Waals surface area contributed by atoms with Crippen molar-refractivity contribution in [2.45, 2.75) is 45.2 Å². The average molecular weight is 582 g/mol. The molecule has 0 saturated carbocycles. The maximum Gasteiger partial charge on any atom is 0.264 e. The highest BCUT2D eigenvalue weighted by molar-refractivity contribution is 7.92. The third-order valence-electron chi connectivity index (χ3n) is 6.59. The van der Waals surface area contributed by atoms with E-state index in [9.17, 15) is 18.0 Å². The van der Waals surface area contributed by atoms with Crippen molar-refractivity contribution in [2.75, 3.05) is 31.6 Å². The highest BCUT2D eigenvalue weighted by Crippen LogP contribution is 2.36. The third kappa shape index (κ3) is 8.00. The van der Waals surface area contributed by atoms with E-state index in [1.807, 2.05) is 51.1 Å². The molecular formula is C31H39N3O6S. The number of methoxy groups -OCH3 is 2. The smallest absolute Gasteiger partial charge is 0.264 e. The van der Waals surface area contributed by atoms with E-state index >= 15 is 0 Å². The zero-order valence-corrected chi connectivity index (χ0v) is 25.3. The molecule has 0 aliphatic rings. The molecule has 3 aromatic rings. The molecule has 1 atom stereocenters. The van der Waals surface area contributed by atoms with Crippen LogP contribution >= 0.6 is 0 Å². The van der Waals surface area contributed by atoms with E-state index < -0.39 is 28.5 Å². The van der Waals surface area contributed by atoms with Crippen LogP contribution in [0.3, 0.4) is 0 Å². The molecule has 10 heteroatoms. The molecule has 3 aromatic carbocycles. The van der Waals surface area contributed by atoms with Crippen LogP contribution in [0.2, 0.25) is 0 Å². The van der Waals surface area contributed by atoms with Gasteiger partial charge in [-0.1, -0.05) is 61.9 Å². The number of anilines is 1. The molecule has 0 heterocycles. The van der Waals surface area contributed by atoms with Gasteiger partial charge in [0.2, 0.25) is 11.8 Å². The van der Waals surface area contributed by atoms with E-state index in [0.717, 1.165) is 15.4 Å². The maximum atomic E-state index is 14.1. The maximum absolute atomic E-state index is 14.1. The Morgan fingerprint density at radius 2 is 1.56 bits per heavy atom. The van der Waals surface area contributed by atoms with Crippen LogP contribution in [0, 0.1) is 12.8 Å². The normalized spacial score (nSPS) is 12.0. The van der Waals surface area contributed by atoms with Crippen LogP contribution in [-0.4, -0.2) is 58.5 Å². The van der Waals surface area contributed by atoms with E-state index in [4.69, 9.17) is 9.47 Å². The van der Waals surface area contributed by atoms with E-state index in [0.29, 0.717) is 12.3 Å². The van der Waals surface area contributed by atoms with Crippen molar-refractivity contribution in [3.8, 4) is 11.5 Å². The lowest BCUT2D eigenvalue weighted by atomic mass is 10.1. The summed E-state index contributed by atoms with van der Waals surface area (Å²) in [5, 5.41) is 2.88. The molecule has 0 radical (unpaired) electrons. The van der Waals surface area contributed by atoms with Crippen LogP contribution in [0.4, 0.5) is 5.69 Å². The molecule has 0 aromatic heterocycles. The number of ether oxygens (including phenoxy) is 2. The lowest BCUT2D eigenvalue weighted by Crippen LogP contribution is -2.51. The lowest BCUT2D eigenvalue weighted by molar-refractivity contribution is -0.139. The zero-order chi connectivity index (χ0) is 30.2. The molecule has 41 heavy (non-hydrogen) atoms. The number of nitrogens with one attached hydrogen (secondary N) is 1.